The molecule has 0 aliphatic rings. The van der Waals surface area contributed by atoms with Crippen LogP contribution in [0.1, 0.15) is 6.92 Å². The molecule has 0 saturated heterocycles. The number of hydrogen-bond acceptors (Lipinski definition) is 2. The van der Waals surface area contributed by atoms with E-state index in [9.17, 15) is 8.76 Å². The van der Waals surface area contributed by atoms with Crippen LogP contribution >= 0.6 is 0 Å². The first kappa shape index (κ1) is 10.2. The summed E-state index contributed by atoms with van der Waals surface area (Å²) in [4.78, 5) is 0. The molecule has 1 atom stereocenters. The van der Waals surface area contributed by atoms with Gasteiger partial charge in [-0.2, -0.15) is 0 Å². The molecule has 0 rings (SSSR count). The van der Waals surface area contributed by atoms with Crippen molar-refractivity contribution in [2.45, 2.75) is 6.92 Å². The summed E-state index contributed by atoms with van der Waals surface area (Å²) in [6.07, 6.45) is 0. The summed E-state index contributed by atoms with van der Waals surface area (Å²) in [5.41, 5.74) is 0. The summed E-state index contributed by atoms with van der Waals surface area (Å²) in [6, 6.07) is 0. The van der Waals surface area contributed by atoms with Gasteiger partial charge in [-0.1, -0.05) is 18.0 Å². The van der Waals surface area contributed by atoms with Gasteiger partial charge in [0.1, 0.15) is 0 Å². The van der Waals surface area contributed by atoms with Crippen molar-refractivity contribution in [3.8, 4) is 0 Å². The summed E-state index contributed by atoms with van der Waals surface area (Å²) in [7, 11) is 0. The molecule has 0 bridgehead atoms. The minimum Gasteiger partial charge on any atom is -0.772 e. The smallest absolute Gasteiger partial charge is 0.772 e. The van der Waals surface area contributed by atoms with Crippen LogP contribution in [0, 0.1) is 0 Å². The predicted molar refractivity (Wildman–Crippen MR) is 19.5 cm³/mol. The van der Waals surface area contributed by atoms with Gasteiger partial charge in [0.05, 0.1) is 0 Å². The largest absolute Gasteiger partial charge is 1.00 e. The Bertz CT molecular complexity index is 46.8. The predicted octanol–water partition coefficient (Wildman–Crippen LogP) is -3.11. The van der Waals surface area contributed by atoms with Crippen molar-refractivity contribution in [3.63, 3.8) is 0 Å². The first-order valence-electron chi connectivity index (χ1n) is 1.33. The average Bonchev–Trinajstić information content (AvgIpc) is 1.38. The second-order valence-corrected chi connectivity index (χ2v) is 1.78. The Hall–Kier alpha value is 1.11. The van der Waals surface area contributed by atoms with Crippen molar-refractivity contribution in [1.82, 2.24) is 0 Å². The van der Waals surface area contributed by atoms with Gasteiger partial charge in [0.25, 0.3) is 0 Å². The van der Waals surface area contributed by atoms with E-state index in [0.717, 1.165) is 0 Å². The van der Waals surface area contributed by atoms with Gasteiger partial charge in [0.15, 0.2) is 0 Å². The summed E-state index contributed by atoms with van der Waals surface area (Å²) in [5.74, 6) is 0.222. The van der Waals surface area contributed by atoms with Crippen molar-refractivity contribution in [3.05, 3.63) is 0 Å². The Morgan fingerprint density at radius 1 is 1.83 bits per heavy atom. The van der Waals surface area contributed by atoms with E-state index in [-0.39, 0.29) is 35.3 Å². The van der Waals surface area contributed by atoms with Crippen LogP contribution in [0.15, 0.2) is 0 Å². The van der Waals surface area contributed by atoms with Crippen LogP contribution in [-0.2, 0) is 11.1 Å². The maximum atomic E-state index is 9.37. The topological polar surface area (TPSA) is 40.1 Å². The van der Waals surface area contributed by atoms with E-state index in [4.69, 9.17) is 0 Å². The zero-order chi connectivity index (χ0) is 4.28. The first-order valence-corrected chi connectivity index (χ1v) is 2.57. The molecule has 2 nitrogen and oxygen atoms in total. The van der Waals surface area contributed by atoms with Gasteiger partial charge in [-0.25, -0.2) is 0 Å². The monoisotopic (exact) mass is 116 g/mol. The van der Waals surface area contributed by atoms with Crippen LogP contribution in [0.2, 0.25) is 0 Å². The van der Waals surface area contributed by atoms with E-state index in [1.165, 1.54) is 0 Å². The number of rotatable bonds is 1. The Morgan fingerprint density at radius 3 is 2.00 bits per heavy atom. The molecule has 0 amide bonds. The molecule has 0 aromatic rings. The molecule has 0 spiro atoms. The Balaban J connectivity index is 0. The summed E-state index contributed by atoms with van der Waals surface area (Å²) in [5, 5.41) is 0. The molecule has 32 valence electrons. The standard InChI is InChI=1S/C2H6O2S.Na/c1-2-5(3)4;/h2H2,1H3,(H,3,4);/q;+1/p-1. The third-order valence-corrected chi connectivity index (χ3v) is 0.707. The average molecular weight is 116 g/mol. The summed E-state index contributed by atoms with van der Waals surface area (Å²) >= 11 is -1.82. The quantitative estimate of drug-likeness (QED) is 0.269. The molecular formula is C2H5NaO2S. The van der Waals surface area contributed by atoms with Crippen LogP contribution in [0.5, 0.6) is 0 Å². The second-order valence-electron chi connectivity index (χ2n) is 0.592. The van der Waals surface area contributed by atoms with Crippen LogP contribution < -0.4 is 29.6 Å². The fourth-order valence-electron chi connectivity index (χ4n) is 0. The molecule has 0 aromatic heterocycles. The third-order valence-electron chi connectivity index (χ3n) is 0.236. The molecule has 0 heterocycles. The zero-order valence-electron chi connectivity index (χ0n) is 3.93. The summed E-state index contributed by atoms with van der Waals surface area (Å²) in [6.45, 7) is 1.59. The Labute approximate surface area is 61.9 Å². The van der Waals surface area contributed by atoms with Gasteiger partial charge in [0.2, 0.25) is 0 Å². The van der Waals surface area contributed by atoms with E-state index >= 15 is 0 Å². The van der Waals surface area contributed by atoms with Gasteiger partial charge in [-0.3, -0.25) is 4.21 Å². The maximum Gasteiger partial charge on any atom is 1.00 e. The molecule has 0 saturated carbocycles. The van der Waals surface area contributed by atoms with Crippen molar-refractivity contribution < 1.29 is 38.3 Å². The van der Waals surface area contributed by atoms with E-state index in [1.54, 1.807) is 6.92 Å². The van der Waals surface area contributed by atoms with E-state index in [0.29, 0.717) is 0 Å². The molecule has 0 radical (unpaired) electrons. The van der Waals surface area contributed by atoms with Gasteiger partial charge >= 0.3 is 29.6 Å². The van der Waals surface area contributed by atoms with Crippen molar-refractivity contribution in [2.75, 3.05) is 5.75 Å². The van der Waals surface area contributed by atoms with E-state index in [1.807, 2.05) is 0 Å². The van der Waals surface area contributed by atoms with E-state index < -0.39 is 11.1 Å². The summed E-state index contributed by atoms with van der Waals surface area (Å²) < 4.78 is 18.7. The molecule has 0 aliphatic carbocycles. The minimum atomic E-state index is -1.82. The zero-order valence-corrected chi connectivity index (χ0v) is 6.75. The van der Waals surface area contributed by atoms with Gasteiger partial charge < -0.3 is 4.55 Å². The normalized spacial score (nSPS) is 12.3. The minimum absolute atomic E-state index is 0. The molecule has 0 aromatic carbocycles. The van der Waals surface area contributed by atoms with Gasteiger partial charge in [-0.05, 0) is 0 Å². The Kier molecular flexibility index (Phi) is 10.4. The second kappa shape index (κ2) is 6.11. The molecule has 6 heavy (non-hydrogen) atoms. The van der Waals surface area contributed by atoms with Crippen molar-refractivity contribution in [1.29, 1.82) is 0 Å². The van der Waals surface area contributed by atoms with Crippen molar-refractivity contribution >= 4 is 11.1 Å². The fraction of sp³-hybridized carbons (Fsp3) is 1.00. The van der Waals surface area contributed by atoms with Crippen molar-refractivity contribution in [2.24, 2.45) is 0 Å². The van der Waals surface area contributed by atoms with Crippen LogP contribution in [-0.4, -0.2) is 14.5 Å². The van der Waals surface area contributed by atoms with Gasteiger partial charge in [-0.15, -0.1) is 0 Å². The van der Waals surface area contributed by atoms with Crippen LogP contribution in [0.3, 0.4) is 0 Å². The third kappa shape index (κ3) is 8.92. The fourth-order valence-corrected chi connectivity index (χ4v) is 0. The molecule has 0 N–H and O–H groups in total. The number of hydrogen-bond donors (Lipinski definition) is 0. The van der Waals surface area contributed by atoms with E-state index in [2.05, 4.69) is 0 Å². The van der Waals surface area contributed by atoms with Crippen LogP contribution in [0.4, 0.5) is 0 Å². The molecule has 1 unspecified atom stereocenters. The maximum absolute atomic E-state index is 9.37. The molecule has 0 fully saturated rings. The molecule has 0 aliphatic heterocycles. The molecule has 4 heteroatoms. The Morgan fingerprint density at radius 2 is 2.00 bits per heavy atom. The molecular weight excluding hydrogens is 111 g/mol. The first-order chi connectivity index (χ1) is 2.27. The SMILES string of the molecule is CCS(=O)[O-].[Na+]. The van der Waals surface area contributed by atoms with Crippen LogP contribution in [0.25, 0.3) is 0 Å². The van der Waals surface area contributed by atoms with Gasteiger partial charge in [0, 0.05) is 5.75 Å².